The van der Waals surface area contributed by atoms with Crippen molar-refractivity contribution in [1.82, 2.24) is 0 Å². The van der Waals surface area contributed by atoms with E-state index < -0.39 is 10.9 Å². The minimum atomic E-state index is -1.04. The lowest BCUT2D eigenvalue weighted by atomic mass is 10.00. The van der Waals surface area contributed by atoms with Gasteiger partial charge in [-0.2, -0.15) is 5.26 Å². The van der Waals surface area contributed by atoms with Crippen molar-refractivity contribution in [2.45, 2.75) is 20.0 Å². The van der Waals surface area contributed by atoms with Gasteiger partial charge in [0.25, 0.3) is 5.69 Å². The Labute approximate surface area is 208 Å². The predicted octanol–water partition coefficient (Wildman–Crippen LogP) is 6.06. The highest BCUT2D eigenvalue weighted by atomic mass is 16.6. The number of nitrogens with zero attached hydrogens (tertiary/aromatic N) is 2. The Morgan fingerprint density at radius 3 is 2.33 bits per heavy atom. The quantitative estimate of drug-likeness (QED) is 0.115. The lowest BCUT2D eigenvalue weighted by molar-refractivity contribution is -0.384. The third-order valence-corrected chi connectivity index (χ3v) is 5.22. The van der Waals surface area contributed by atoms with Crippen LogP contribution in [0.4, 0.5) is 5.69 Å². The molecule has 0 aliphatic rings. The van der Waals surface area contributed by atoms with Crippen LogP contribution < -0.4 is 9.47 Å². The number of hydrogen-bond acceptors (Lipinski definition) is 6. The van der Waals surface area contributed by atoms with Crippen LogP contribution in [0.15, 0.2) is 73.3 Å². The van der Waals surface area contributed by atoms with Gasteiger partial charge >= 0.3 is 5.97 Å². The molecule has 0 atom stereocenters. The number of benzene rings is 3. The fourth-order valence-electron chi connectivity index (χ4n) is 3.51. The Bertz CT molecular complexity index is 1340. The van der Waals surface area contributed by atoms with Gasteiger partial charge in [-0.15, -0.1) is 6.58 Å². The van der Waals surface area contributed by atoms with Crippen LogP contribution >= 0.6 is 0 Å². The van der Waals surface area contributed by atoms with Crippen LogP contribution in [0.5, 0.6) is 11.5 Å². The van der Waals surface area contributed by atoms with E-state index in [1.54, 1.807) is 42.5 Å². The summed E-state index contributed by atoms with van der Waals surface area (Å²) in [5, 5.41) is 29.7. The number of allylic oxidation sites excluding steroid dienone is 2. The Hall–Kier alpha value is -4.90. The minimum absolute atomic E-state index is 0.00291. The second-order valence-electron chi connectivity index (χ2n) is 7.70. The number of carboxylic acid groups (broad SMARTS) is 1. The molecule has 1 N–H and O–H groups in total. The van der Waals surface area contributed by atoms with Gasteiger partial charge in [0.05, 0.1) is 28.7 Å². The van der Waals surface area contributed by atoms with E-state index in [-0.39, 0.29) is 17.9 Å². The summed E-state index contributed by atoms with van der Waals surface area (Å²) in [7, 11) is 0. The molecule has 182 valence electrons. The molecule has 8 heteroatoms. The molecule has 0 saturated carbocycles. The molecular formula is C28H24N2O6. The third-order valence-electron chi connectivity index (χ3n) is 5.22. The monoisotopic (exact) mass is 484 g/mol. The van der Waals surface area contributed by atoms with Crippen molar-refractivity contribution in [3.8, 4) is 17.6 Å². The van der Waals surface area contributed by atoms with Crippen LogP contribution in [-0.2, 0) is 13.0 Å². The van der Waals surface area contributed by atoms with Crippen molar-refractivity contribution < 1.29 is 24.3 Å². The fraction of sp³-hybridized carbons (Fsp3) is 0.143. The summed E-state index contributed by atoms with van der Waals surface area (Å²) in [4.78, 5) is 21.5. The van der Waals surface area contributed by atoms with Crippen molar-refractivity contribution >= 4 is 23.3 Å². The summed E-state index contributed by atoms with van der Waals surface area (Å²) in [6, 6.07) is 18.0. The van der Waals surface area contributed by atoms with E-state index in [4.69, 9.17) is 14.6 Å². The van der Waals surface area contributed by atoms with Crippen LogP contribution in [0, 0.1) is 21.4 Å². The molecule has 3 rings (SSSR count). The lowest BCUT2D eigenvalue weighted by Crippen LogP contribution is -2.03. The normalized spacial score (nSPS) is 10.8. The summed E-state index contributed by atoms with van der Waals surface area (Å²) in [6.45, 7) is 6.23. The van der Waals surface area contributed by atoms with Crippen molar-refractivity contribution in [3.63, 3.8) is 0 Å². The number of rotatable bonds is 11. The number of nitro groups is 1. The topological polar surface area (TPSA) is 123 Å². The zero-order chi connectivity index (χ0) is 26.1. The lowest BCUT2D eigenvalue weighted by Gasteiger charge is -2.17. The number of nitriles is 1. The summed E-state index contributed by atoms with van der Waals surface area (Å²) in [5.41, 5.74) is 3.34. The van der Waals surface area contributed by atoms with Crippen molar-refractivity contribution in [2.24, 2.45) is 0 Å². The second kappa shape index (κ2) is 12.0. The first kappa shape index (κ1) is 25.7. The van der Waals surface area contributed by atoms with Crippen LogP contribution in [0.3, 0.4) is 0 Å². The number of nitro benzene ring substituents is 1. The van der Waals surface area contributed by atoms with E-state index in [1.807, 2.05) is 13.0 Å². The molecule has 0 saturated heterocycles. The maximum atomic E-state index is 11.1. The van der Waals surface area contributed by atoms with Crippen LogP contribution in [0.2, 0.25) is 0 Å². The van der Waals surface area contributed by atoms with Gasteiger partial charge in [0.15, 0.2) is 11.5 Å². The van der Waals surface area contributed by atoms with Gasteiger partial charge in [-0.3, -0.25) is 10.1 Å². The van der Waals surface area contributed by atoms with Gasteiger partial charge in [-0.1, -0.05) is 18.2 Å². The van der Waals surface area contributed by atoms with Crippen LogP contribution in [0.25, 0.3) is 11.6 Å². The zero-order valence-corrected chi connectivity index (χ0v) is 19.6. The van der Waals surface area contributed by atoms with Crippen LogP contribution in [0.1, 0.15) is 39.5 Å². The molecule has 0 unspecified atom stereocenters. The molecule has 0 amide bonds. The molecule has 0 aliphatic heterocycles. The largest absolute Gasteiger partial charge is 0.490 e. The SMILES string of the molecule is C=CCc1cc(C=C(C#N)c2ccc(C(=O)O)cc2)cc(OCC)c1OCc1ccc([N+](=O)[O-])cc1. The van der Waals surface area contributed by atoms with Gasteiger partial charge < -0.3 is 14.6 Å². The molecular weight excluding hydrogens is 460 g/mol. The smallest absolute Gasteiger partial charge is 0.335 e. The predicted molar refractivity (Wildman–Crippen MR) is 136 cm³/mol. The van der Waals surface area contributed by atoms with Crippen molar-refractivity contribution in [1.29, 1.82) is 5.26 Å². The first-order chi connectivity index (χ1) is 17.4. The maximum absolute atomic E-state index is 11.1. The van der Waals surface area contributed by atoms with E-state index in [9.17, 15) is 20.2 Å². The van der Waals surface area contributed by atoms with Gasteiger partial charge in [0.1, 0.15) is 6.61 Å². The number of carboxylic acids is 1. The molecule has 8 nitrogen and oxygen atoms in total. The third kappa shape index (κ3) is 6.36. The van der Waals surface area contributed by atoms with E-state index >= 15 is 0 Å². The van der Waals surface area contributed by atoms with Crippen LogP contribution in [-0.4, -0.2) is 22.6 Å². The highest BCUT2D eigenvalue weighted by molar-refractivity contribution is 5.92. The Kier molecular flexibility index (Phi) is 8.57. The molecule has 3 aromatic rings. The Morgan fingerprint density at radius 1 is 1.11 bits per heavy atom. The second-order valence-corrected chi connectivity index (χ2v) is 7.70. The highest BCUT2D eigenvalue weighted by Crippen LogP contribution is 2.36. The van der Waals surface area contributed by atoms with E-state index in [1.165, 1.54) is 24.3 Å². The van der Waals surface area contributed by atoms with Crippen molar-refractivity contribution in [3.05, 3.63) is 111 Å². The number of ether oxygens (including phenoxy) is 2. The first-order valence-electron chi connectivity index (χ1n) is 11.1. The molecule has 0 fully saturated rings. The zero-order valence-electron chi connectivity index (χ0n) is 19.6. The Morgan fingerprint density at radius 2 is 1.78 bits per heavy atom. The molecule has 0 spiro atoms. The number of hydrogen-bond donors (Lipinski definition) is 1. The standard InChI is InChI=1S/C28H24N2O6/c1-3-5-23-14-20(15-24(17-29)21-8-10-22(11-9-21)28(31)32)16-26(35-4-2)27(23)36-18-19-6-12-25(13-7-19)30(33)34/h3,6-16H,1,4-5,18H2,2H3,(H,31,32). The number of non-ortho nitro benzene ring substituents is 1. The molecule has 0 heterocycles. The van der Waals surface area contributed by atoms with E-state index in [2.05, 4.69) is 12.6 Å². The van der Waals surface area contributed by atoms with Crippen molar-refractivity contribution in [2.75, 3.05) is 6.61 Å². The molecule has 36 heavy (non-hydrogen) atoms. The van der Waals surface area contributed by atoms with Gasteiger partial charge in [-0.25, -0.2) is 4.79 Å². The number of carbonyl (C=O) groups is 1. The maximum Gasteiger partial charge on any atom is 0.335 e. The van der Waals surface area contributed by atoms with Gasteiger partial charge in [-0.05, 0) is 72.5 Å². The summed E-state index contributed by atoms with van der Waals surface area (Å²) < 4.78 is 11.9. The molecule has 3 aromatic carbocycles. The summed E-state index contributed by atoms with van der Waals surface area (Å²) >= 11 is 0. The average Bonchev–Trinajstić information content (AvgIpc) is 2.87. The number of aromatic carboxylic acids is 1. The van der Waals surface area contributed by atoms with E-state index in [0.29, 0.717) is 41.2 Å². The Balaban J connectivity index is 1.96. The average molecular weight is 485 g/mol. The minimum Gasteiger partial charge on any atom is -0.490 e. The van der Waals surface area contributed by atoms with Gasteiger partial charge in [0.2, 0.25) is 0 Å². The van der Waals surface area contributed by atoms with Gasteiger partial charge in [0, 0.05) is 17.7 Å². The fourth-order valence-corrected chi connectivity index (χ4v) is 3.51. The molecule has 0 radical (unpaired) electrons. The summed E-state index contributed by atoms with van der Waals surface area (Å²) in [6.07, 6.45) is 3.91. The highest BCUT2D eigenvalue weighted by Gasteiger charge is 2.15. The first-order valence-corrected chi connectivity index (χ1v) is 11.1. The molecule has 0 aliphatic carbocycles. The molecule has 0 bridgehead atoms. The molecule has 0 aromatic heterocycles. The van der Waals surface area contributed by atoms with E-state index in [0.717, 1.165) is 11.1 Å². The summed E-state index contributed by atoms with van der Waals surface area (Å²) in [5.74, 6) is -0.0242.